The summed E-state index contributed by atoms with van der Waals surface area (Å²) in [5, 5.41) is 7.10. The number of fused-ring (bicyclic) bond motifs is 1. The van der Waals surface area contributed by atoms with Crippen molar-refractivity contribution in [2.45, 2.75) is 25.7 Å². The maximum absolute atomic E-state index is 12.4. The normalized spacial score (nSPS) is 13.6. The summed E-state index contributed by atoms with van der Waals surface area (Å²) >= 11 is 7.56. The number of carbonyl (C=O) groups is 1. The highest BCUT2D eigenvalue weighted by Gasteiger charge is 2.18. The lowest BCUT2D eigenvalue weighted by Crippen LogP contribution is -2.14. The molecule has 1 aromatic carbocycles. The van der Waals surface area contributed by atoms with E-state index < -0.39 is 0 Å². The molecule has 0 bridgehead atoms. The van der Waals surface area contributed by atoms with Crippen LogP contribution in [0.5, 0.6) is 0 Å². The lowest BCUT2D eigenvalue weighted by atomic mass is 10.0. The fourth-order valence-corrected chi connectivity index (χ4v) is 3.71. The maximum atomic E-state index is 12.4. The number of nitrogens with zero attached hydrogens (tertiary/aromatic N) is 1. The number of amides is 1. The third-order valence-corrected chi connectivity index (χ3v) is 4.87. The molecule has 0 atom stereocenters. The predicted octanol–water partition coefficient (Wildman–Crippen LogP) is 3.97. The lowest BCUT2D eigenvalue weighted by molar-refractivity contribution is 0.102. The minimum atomic E-state index is -0.187. The quantitative estimate of drug-likeness (QED) is 0.899. The van der Waals surface area contributed by atoms with Crippen molar-refractivity contribution in [1.29, 1.82) is 0 Å². The van der Waals surface area contributed by atoms with Gasteiger partial charge in [-0.3, -0.25) is 10.1 Å². The summed E-state index contributed by atoms with van der Waals surface area (Å²) in [5.74, 6) is -0.187. The zero-order chi connectivity index (χ0) is 14.8. The SMILES string of the molecule is CNc1ccc(Cl)cc1C(=O)Nc1nc2c(s1)CCCC2. The molecule has 3 rings (SSSR count). The van der Waals surface area contributed by atoms with Gasteiger partial charge in [0.25, 0.3) is 5.91 Å². The molecular formula is C15H16ClN3OS. The van der Waals surface area contributed by atoms with E-state index in [4.69, 9.17) is 11.6 Å². The molecular weight excluding hydrogens is 306 g/mol. The van der Waals surface area contributed by atoms with E-state index >= 15 is 0 Å². The average Bonchev–Trinajstić information content (AvgIpc) is 2.89. The van der Waals surface area contributed by atoms with Crippen molar-refractivity contribution in [2.24, 2.45) is 0 Å². The van der Waals surface area contributed by atoms with Crippen molar-refractivity contribution in [1.82, 2.24) is 4.98 Å². The molecule has 2 N–H and O–H groups in total. The molecule has 21 heavy (non-hydrogen) atoms. The number of hydrogen-bond acceptors (Lipinski definition) is 4. The first kappa shape index (κ1) is 14.4. The second kappa shape index (κ2) is 6.03. The second-order valence-electron chi connectivity index (χ2n) is 4.99. The summed E-state index contributed by atoms with van der Waals surface area (Å²) in [5.41, 5.74) is 2.41. The fourth-order valence-electron chi connectivity index (χ4n) is 2.49. The number of anilines is 2. The van der Waals surface area contributed by atoms with Crippen molar-refractivity contribution >= 4 is 39.7 Å². The van der Waals surface area contributed by atoms with E-state index in [9.17, 15) is 4.79 Å². The predicted molar refractivity (Wildman–Crippen MR) is 87.7 cm³/mol. The summed E-state index contributed by atoms with van der Waals surface area (Å²) in [6.45, 7) is 0. The van der Waals surface area contributed by atoms with Crippen LogP contribution in [0.25, 0.3) is 0 Å². The molecule has 0 unspecified atom stereocenters. The van der Waals surface area contributed by atoms with E-state index in [-0.39, 0.29) is 5.91 Å². The number of hydrogen-bond donors (Lipinski definition) is 2. The van der Waals surface area contributed by atoms with Crippen LogP contribution in [0, 0.1) is 0 Å². The highest BCUT2D eigenvalue weighted by molar-refractivity contribution is 7.15. The minimum Gasteiger partial charge on any atom is -0.387 e. The standard InChI is InChI=1S/C15H16ClN3OS/c1-17-11-7-6-9(16)8-10(11)14(20)19-15-18-12-4-2-3-5-13(12)21-15/h6-8,17H,2-5H2,1H3,(H,18,19,20). The Bertz CT molecular complexity index is 660. The fraction of sp³-hybridized carbons (Fsp3) is 0.333. The maximum Gasteiger partial charge on any atom is 0.259 e. The topological polar surface area (TPSA) is 54.0 Å². The molecule has 1 aliphatic rings. The molecule has 0 saturated heterocycles. The van der Waals surface area contributed by atoms with Gasteiger partial charge in [-0.1, -0.05) is 11.6 Å². The molecule has 6 heteroatoms. The van der Waals surface area contributed by atoms with E-state index in [1.807, 2.05) is 0 Å². The van der Waals surface area contributed by atoms with E-state index in [2.05, 4.69) is 15.6 Å². The minimum absolute atomic E-state index is 0.187. The summed E-state index contributed by atoms with van der Waals surface area (Å²) in [6.07, 6.45) is 4.48. The molecule has 110 valence electrons. The van der Waals surface area contributed by atoms with Gasteiger partial charge in [-0.15, -0.1) is 11.3 Å². The van der Waals surface area contributed by atoms with Gasteiger partial charge in [0.05, 0.1) is 11.3 Å². The first-order valence-electron chi connectivity index (χ1n) is 6.94. The Morgan fingerprint density at radius 1 is 1.33 bits per heavy atom. The molecule has 0 saturated carbocycles. The third kappa shape index (κ3) is 3.04. The molecule has 0 fully saturated rings. The number of nitrogens with one attached hydrogen (secondary N) is 2. The van der Waals surface area contributed by atoms with Crippen LogP contribution in [0.15, 0.2) is 18.2 Å². The average molecular weight is 322 g/mol. The molecule has 1 aromatic heterocycles. The summed E-state index contributed by atoms with van der Waals surface area (Å²) < 4.78 is 0. The van der Waals surface area contributed by atoms with Crippen LogP contribution in [-0.4, -0.2) is 17.9 Å². The number of halogens is 1. The molecule has 1 amide bonds. The molecule has 2 aromatic rings. The molecule has 0 spiro atoms. The van der Waals surface area contributed by atoms with E-state index in [0.29, 0.717) is 15.7 Å². The first-order valence-corrected chi connectivity index (χ1v) is 8.14. The van der Waals surface area contributed by atoms with Crippen LogP contribution in [0.1, 0.15) is 33.8 Å². The largest absolute Gasteiger partial charge is 0.387 e. The number of carbonyl (C=O) groups excluding carboxylic acids is 1. The Hall–Kier alpha value is -1.59. The highest BCUT2D eigenvalue weighted by atomic mass is 35.5. The molecule has 4 nitrogen and oxygen atoms in total. The van der Waals surface area contributed by atoms with Gasteiger partial charge in [-0.25, -0.2) is 4.98 Å². The van der Waals surface area contributed by atoms with Crippen molar-refractivity contribution in [3.63, 3.8) is 0 Å². The Kier molecular flexibility index (Phi) is 4.12. The van der Waals surface area contributed by atoms with Gasteiger partial charge in [-0.05, 0) is 43.9 Å². The molecule has 0 radical (unpaired) electrons. The van der Waals surface area contributed by atoms with Crippen molar-refractivity contribution in [3.05, 3.63) is 39.4 Å². The van der Waals surface area contributed by atoms with Gasteiger partial charge < -0.3 is 5.32 Å². The van der Waals surface area contributed by atoms with Crippen molar-refractivity contribution < 1.29 is 4.79 Å². The monoisotopic (exact) mass is 321 g/mol. The summed E-state index contributed by atoms with van der Waals surface area (Å²) in [7, 11) is 1.78. The van der Waals surface area contributed by atoms with Crippen LogP contribution in [0.4, 0.5) is 10.8 Å². The Morgan fingerprint density at radius 3 is 2.90 bits per heavy atom. The van der Waals surface area contributed by atoms with Gasteiger partial charge in [0.2, 0.25) is 0 Å². The van der Waals surface area contributed by atoms with E-state index in [1.165, 1.54) is 17.7 Å². The Morgan fingerprint density at radius 2 is 2.14 bits per heavy atom. The summed E-state index contributed by atoms with van der Waals surface area (Å²) in [4.78, 5) is 18.2. The van der Waals surface area contributed by atoms with E-state index in [1.54, 1.807) is 36.6 Å². The number of aromatic nitrogens is 1. The number of rotatable bonds is 3. The van der Waals surface area contributed by atoms with Gasteiger partial charge in [0.15, 0.2) is 5.13 Å². The number of thiazole rings is 1. The molecule has 1 heterocycles. The van der Waals surface area contributed by atoms with Gasteiger partial charge in [0.1, 0.15) is 0 Å². The lowest BCUT2D eigenvalue weighted by Gasteiger charge is -2.08. The number of benzene rings is 1. The Balaban J connectivity index is 1.83. The van der Waals surface area contributed by atoms with Gasteiger partial charge in [-0.2, -0.15) is 0 Å². The smallest absolute Gasteiger partial charge is 0.259 e. The van der Waals surface area contributed by atoms with Crippen LogP contribution in [0.2, 0.25) is 5.02 Å². The first-order chi connectivity index (χ1) is 10.2. The molecule has 1 aliphatic carbocycles. The Labute approximate surface area is 132 Å². The van der Waals surface area contributed by atoms with Crippen LogP contribution in [-0.2, 0) is 12.8 Å². The van der Waals surface area contributed by atoms with Gasteiger partial charge in [0, 0.05) is 22.6 Å². The number of aryl methyl sites for hydroxylation is 2. The zero-order valence-corrected chi connectivity index (χ0v) is 13.3. The van der Waals surface area contributed by atoms with Crippen LogP contribution < -0.4 is 10.6 Å². The van der Waals surface area contributed by atoms with Crippen molar-refractivity contribution in [2.75, 3.05) is 17.7 Å². The van der Waals surface area contributed by atoms with Crippen LogP contribution in [0.3, 0.4) is 0 Å². The van der Waals surface area contributed by atoms with Gasteiger partial charge >= 0.3 is 0 Å². The van der Waals surface area contributed by atoms with E-state index in [0.717, 1.165) is 24.2 Å². The molecule has 0 aliphatic heterocycles. The summed E-state index contributed by atoms with van der Waals surface area (Å²) in [6, 6.07) is 5.21. The highest BCUT2D eigenvalue weighted by Crippen LogP contribution is 2.30. The van der Waals surface area contributed by atoms with Crippen molar-refractivity contribution in [3.8, 4) is 0 Å². The second-order valence-corrected chi connectivity index (χ2v) is 6.51. The third-order valence-electron chi connectivity index (χ3n) is 3.56. The van der Waals surface area contributed by atoms with Crippen LogP contribution >= 0.6 is 22.9 Å². The zero-order valence-electron chi connectivity index (χ0n) is 11.7.